The first-order valence-corrected chi connectivity index (χ1v) is 5.62. The van der Waals surface area contributed by atoms with E-state index >= 15 is 0 Å². The number of halogens is 2. The number of ether oxygens (including phenoxy) is 1. The monoisotopic (exact) mass is 290 g/mol. The molecule has 0 atom stereocenters. The summed E-state index contributed by atoms with van der Waals surface area (Å²) < 4.78 is 5.23. The molecule has 0 radical (unpaired) electrons. The summed E-state index contributed by atoms with van der Waals surface area (Å²) in [5.41, 5.74) is 0.801. The van der Waals surface area contributed by atoms with Gasteiger partial charge in [0.25, 0.3) is 0 Å². The van der Waals surface area contributed by atoms with Crippen LogP contribution in [-0.2, 0) is 4.74 Å². The first-order valence-electron chi connectivity index (χ1n) is 4.44. The van der Waals surface area contributed by atoms with Gasteiger partial charge in [0.1, 0.15) is 5.15 Å². The largest absolute Gasteiger partial charge is 0.463 e. The molecule has 1 aromatic rings. The van der Waals surface area contributed by atoms with E-state index in [1.807, 2.05) is 0 Å². The molecule has 2 rings (SSSR count). The van der Waals surface area contributed by atoms with Gasteiger partial charge in [0.05, 0.1) is 17.3 Å². The predicted octanol–water partition coefficient (Wildman–Crippen LogP) is 2.56. The van der Waals surface area contributed by atoms with Gasteiger partial charge in [-0.05, 0) is 28.8 Å². The van der Waals surface area contributed by atoms with Crippen LogP contribution in [-0.4, -0.2) is 23.0 Å². The van der Waals surface area contributed by atoms with E-state index in [1.165, 1.54) is 7.11 Å². The molecule has 1 fully saturated rings. The highest BCUT2D eigenvalue weighted by molar-refractivity contribution is 9.10. The molecule has 1 aromatic heterocycles. The van der Waals surface area contributed by atoms with Gasteiger partial charge in [-0.25, -0.2) is 14.8 Å². The highest BCUT2D eigenvalue weighted by atomic mass is 79.9. The highest BCUT2D eigenvalue weighted by Crippen LogP contribution is 2.43. The summed E-state index contributed by atoms with van der Waals surface area (Å²) in [6.07, 6.45) is 2.15. The van der Waals surface area contributed by atoms with Crippen LogP contribution in [0.4, 0.5) is 0 Å². The van der Waals surface area contributed by atoms with Gasteiger partial charge in [-0.3, -0.25) is 0 Å². The number of esters is 1. The molecule has 0 spiro atoms. The Kier molecular flexibility index (Phi) is 2.93. The summed E-state index contributed by atoms with van der Waals surface area (Å²) in [5.74, 6) is -0.151. The maximum atomic E-state index is 11.3. The van der Waals surface area contributed by atoms with Crippen molar-refractivity contribution < 1.29 is 9.53 Å². The van der Waals surface area contributed by atoms with Crippen LogP contribution in [0.5, 0.6) is 0 Å². The average Bonchev–Trinajstić information content (AvgIpc) is 3.04. The summed E-state index contributed by atoms with van der Waals surface area (Å²) in [4.78, 5) is 19.2. The van der Waals surface area contributed by atoms with Crippen LogP contribution in [0.25, 0.3) is 0 Å². The molecule has 4 nitrogen and oxygen atoms in total. The average molecular weight is 292 g/mol. The first kappa shape index (κ1) is 10.8. The van der Waals surface area contributed by atoms with E-state index < -0.39 is 5.97 Å². The zero-order valence-electron chi connectivity index (χ0n) is 7.96. The smallest absolute Gasteiger partial charge is 0.376 e. The fourth-order valence-corrected chi connectivity index (χ4v) is 1.92. The maximum Gasteiger partial charge on any atom is 0.376 e. The van der Waals surface area contributed by atoms with Crippen molar-refractivity contribution in [2.24, 2.45) is 0 Å². The van der Waals surface area contributed by atoms with E-state index in [2.05, 4.69) is 30.6 Å². The lowest BCUT2D eigenvalue weighted by Crippen LogP contribution is -2.09. The summed E-state index contributed by atoms with van der Waals surface area (Å²) in [6, 6.07) is 0. The van der Waals surface area contributed by atoms with Gasteiger partial charge in [-0.15, -0.1) is 0 Å². The van der Waals surface area contributed by atoms with Crippen molar-refractivity contribution in [3.63, 3.8) is 0 Å². The number of hydrogen-bond acceptors (Lipinski definition) is 4. The molecule has 0 bridgehead atoms. The van der Waals surface area contributed by atoms with Crippen molar-refractivity contribution >= 4 is 33.5 Å². The normalized spacial score (nSPS) is 15.1. The summed E-state index contributed by atoms with van der Waals surface area (Å²) in [7, 11) is 1.29. The Balaban J connectivity index is 2.45. The molecule has 0 amide bonds. The van der Waals surface area contributed by atoms with Crippen molar-refractivity contribution in [1.29, 1.82) is 0 Å². The van der Waals surface area contributed by atoms with Crippen molar-refractivity contribution in [1.82, 2.24) is 9.97 Å². The van der Waals surface area contributed by atoms with E-state index in [0.717, 1.165) is 18.5 Å². The molecule has 1 heterocycles. The molecule has 0 N–H and O–H groups in total. The molecule has 1 aliphatic rings. The van der Waals surface area contributed by atoms with Crippen molar-refractivity contribution in [3.8, 4) is 0 Å². The lowest BCUT2D eigenvalue weighted by atomic mass is 10.3. The van der Waals surface area contributed by atoms with E-state index in [1.54, 1.807) is 0 Å². The number of methoxy groups -OCH3 is 1. The first-order chi connectivity index (χ1) is 7.13. The SMILES string of the molecule is COC(=O)c1nc(Cl)c(Br)c(C2CC2)n1. The molecular formula is C9H8BrClN2O2. The van der Waals surface area contributed by atoms with Gasteiger partial charge in [-0.1, -0.05) is 11.6 Å². The minimum absolute atomic E-state index is 0.0209. The maximum absolute atomic E-state index is 11.3. The van der Waals surface area contributed by atoms with Crippen LogP contribution in [0.2, 0.25) is 5.15 Å². The fraction of sp³-hybridized carbons (Fsp3) is 0.444. The van der Waals surface area contributed by atoms with Crippen LogP contribution in [0.1, 0.15) is 35.1 Å². The minimum atomic E-state index is -0.564. The quantitative estimate of drug-likeness (QED) is 0.621. The van der Waals surface area contributed by atoms with E-state index in [9.17, 15) is 4.79 Å². The molecule has 0 saturated heterocycles. The predicted molar refractivity (Wildman–Crippen MR) is 58.1 cm³/mol. The third-order valence-corrected chi connectivity index (χ3v) is 3.45. The van der Waals surface area contributed by atoms with Gasteiger partial charge < -0.3 is 4.74 Å². The van der Waals surface area contributed by atoms with Crippen molar-refractivity contribution in [3.05, 3.63) is 21.1 Å². The second kappa shape index (κ2) is 4.06. The highest BCUT2D eigenvalue weighted by Gasteiger charge is 2.30. The Labute approximate surface area is 100 Å². The van der Waals surface area contributed by atoms with Gasteiger partial charge in [0.2, 0.25) is 5.82 Å². The van der Waals surface area contributed by atoms with Gasteiger partial charge in [0, 0.05) is 5.92 Å². The summed E-state index contributed by atoms with van der Waals surface area (Å²) in [6.45, 7) is 0. The fourth-order valence-electron chi connectivity index (χ4n) is 1.25. The molecule has 0 aliphatic heterocycles. The Morgan fingerprint density at radius 3 is 2.73 bits per heavy atom. The number of rotatable bonds is 2. The van der Waals surface area contributed by atoms with Crippen molar-refractivity contribution in [2.45, 2.75) is 18.8 Å². The molecule has 6 heteroatoms. The molecule has 0 unspecified atom stereocenters. The van der Waals surface area contributed by atoms with Crippen LogP contribution in [0.3, 0.4) is 0 Å². The Hall–Kier alpha value is -0.680. The lowest BCUT2D eigenvalue weighted by molar-refractivity contribution is 0.0586. The second-order valence-electron chi connectivity index (χ2n) is 3.30. The number of hydrogen-bond donors (Lipinski definition) is 0. The van der Waals surface area contributed by atoms with Gasteiger partial charge in [0.15, 0.2) is 0 Å². The van der Waals surface area contributed by atoms with Crippen LogP contribution in [0, 0.1) is 0 Å². The zero-order chi connectivity index (χ0) is 11.0. The van der Waals surface area contributed by atoms with Crippen LogP contribution >= 0.6 is 27.5 Å². The molecular weight excluding hydrogens is 283 g/mol. The number of carbonyl (C=O) groups is 1. The van der Waals surface area contributed by atoms with Crippen LogP contribution in [0.15, 0.2) is 4.47 Å². The zero-order valence-corrected chi connectivity index (χ0v) is 10.3. The molecule has 1 saturated carbocycles. The Bertz CT molecular complexity index is 421. The number of carbonyl (C=O) groups excluding carboxylic acids is 1. The molecule has 0 aromatic carbocycles. The third-order valence-electron chi connectivity index (χ3n) is 2.17. The van der Waals surface area contributed by atoms with E-state index in [4.69, 9.17) is 11.6 Å². The molecule has 80 valence electrons. The van der Waals surface area contributed by atoms with Gasteiger partial charge >= 0.3 is 5.97 Å². The van der Waals surface area contributed by atoms with Crippen molar-refractivity contribution in [2.75, 3.05) is 7.11 Å². The molecule has 1 aliphatic carbocycles. The van der Waals surface area contributed by atoms with E-state index in [-0.39, 0.29) is 11.0 Å². The van der Waals surface area contributed by atoms with Crippen LogP contribution < -0.4 is 0 Å². The third kappa shape index (κ3) is 2.13. The minimum Gasteiger partial charge on any atom is -0.463 e. The Morgan fingerprint density at radius 2 is 2.20 bits per heavy atom. The lowest BCUT2D eigenvalue weighted by Gasteiger charge is -2.05. The standard InChI is InChI=1S/C9H8BrClN2O2/c1-15-9(14)8-12-6(4-2-3-4)5(10)7(11)13-8/h4H,2-3H2,1H3. The van der Waals surface area contributed by atoms with Gasteiger partial charge in [-0.2, -0.15) is 0 Å². The molecule has 15 heavy (non-hydrogen) atoms. The number of aromatic nitrogens is 2. The second-order valence-corrected chi connectivity index (χ2v) is 4.45. The van der Waals surface area contributed by atoms with E-state index in [0.29, 0.717) is 10.4 Å². The summed E-state index contributed by atoms with van der Waals surface area (Å²) >= 11 is 9.20. The number of nitrogens with zero attached hydrogens (tertiary/aromatic N) is 2. The Morgan fingerprint density at radius 1 is 1.53 bits per heavy atom. The topological polar surface area (TPSA) is 52.1 Å². The summed E-state index contributed by atoms with van der Waals surface area (Å²) in [5, 5.41) is 0.257.